The molecule has 1 aromatic carbocycles. The van der Waals surface area contributed by atoms with E-state index in [-0.39, 0.29) is 5.75 Å². The molecule has 2 aromatic rings. The summed E-state index contributed by atoms with van der Waals surface area (Å²) < 4.78 is 48.4. The summed E-state index contributed by atoms with van der Waals surface area (Å²) in [6.07, 6.45) is 6.97. The smallest absolute Gasteiger partial charge is 0.573 e. The Kier molecular flexibility index (Phi) is 5.81. The lowest BCUT2D eigenvalue weighted by molar-refractivity contribution is -0.618. The van der Waals surface area contributed by atoms with E-state index in [0.29, 0.717) is 30.2 Å². The molecule has 178 valence electrons. The number of nitrogens with zero attached hydrogens (tertiary/aromatic N) is 2. The normalized spacial score (nSPS) is 24.1. The minimum atomic E-state index is -4.71. The Labute approximate surface area is 199 Å². The summed E-state index contributed by atoms with van der Waals surface area (Å²) in [5.74, 6) is -0.241. The first-order valence-corrected chi connectivity index (χ1v) is 11.4. The van der Waals surface area contributed by atoms with Gasteiger partial charge in [-0.15, -0.1) is 13.2 Å². The molecule has 5 nitrogen and oxygen atoms in total. The van der Waals surface area contributed by atoms with Crippen molar-refractivity contribution in [1.82, 2.24) is 4.90 Å². The van der Waals surface area contributed by atoms with E-state index in [0.717, 1.165) is 34.3 Å². The van der Waals surface area contributed by atoms with Gasteiger partial charge in [0.25, 0.3) is 0 Å². The second kappa shape index (κ2) is 8.67. The molecule has 1 saturated heterocycles. The van der Waals surface area contributed by atoms with Gasteiger partial charge < -0.3 is 19.6 Å². The maximum atomic E-state index is 12.5. The Hall–Kier alpha value is -2.97. The van der Waals surface area contributed by atoms with Gasteiger partial charge in [-0.3, -0.25) is 0 Å². The molecular formula is C25H22ClF3N2O3. The van der Waals surface area contributed by atoms with Crippen LogP contribution in [0.1, 0.15) is 36.6 Å². The summed E-state index contributed by atoms with van der Waals surface area (Å²) in [5, 5.41) is 13.0. The minimum Gasteiger partial charge on any atom is -0.618 e. The van der Waals surface area contributed by atoms with Crippen molar-refractivity contribution >= 4 is 11.6 Å². The quantitative estimate of drug-likeness (QED) is 0.404. The monoisotopic (exact) mass is 490 g/mol. The summed E-state index contributed by atoms with van der Waals surface area (Å²) in [6, 6.07) is 9.08. The number of hydrogen-bond acceptors (Lipinski definition) is 4. The number of ether oxygens (including phenoxy) is 2. The number of pyridine rings is 1. The Morgan fingerprint density at radius 3 is 2.65 bits per heavy atom. The maximum absolute atomic E-state index is 12.5. The molecule has 1 aromatic heterocycles. The van der Waals surface area contributed by atoms with Crippen LogP contribution < -0.4 is 9.47 Å². The predicted molar refractivity (Wildman–Crippen MR) is 120 cm³/mol. The molecular weight excluding hydrogens is 469 g/mol. The molecule has 0 bridgehead atoms. The molecule has 9 heteroatoms. The standard InChI is InChI=1S/C25H22ClF3N2O3/c26-18-9-12-31(32)22(15-18)23-20-3-1-2-4-21(20)24(34-23)10-13-30(14-11-24)16-17-5-7-19(8-6-17)33-25(27,28)29/h3-10,12-13,15,23H,1-2,11,14,16H2. The second-order valence-electron chi connectivity index (χ2n) is 8.57. The van der Waals surface area contributed by atoms with Crippen molar-refractivity contribution in [3.8, 4) is 5.75 Å². The van der Waals surface area contributed by atoms with Crippen LogP contribution in [0, 0.1) is 5.21 Å². The molecule has 3 heterocycles. The maximum Gasteiger partial charge on any atom is 0.573 e. The molecule has 0 amide bonds. The van der Waals surface area contributed by atoms with Crippen LogP contribution in [0.5, 0.6) is 5.75 Å². The van der Waals surface area contributed by atoms with Crippen LogP contribution in [0.3, 0.4) is 0 Å². The van der Waals surface area contributed by atoms with Crippen LogP contribution in [0.25, 0.3) is 0 Å². The third kappa shape index (κ3) is 4.52. The van der Waals surface area contributed by atoms with Crippen LogP contribution in [-0.4, -0.2) is 23.4 Å². The summed E-state index contributed by atoms with van der Waals surface area (Å²) in [7, 11) is 0. The van der Waals surface area contributed by atoms with Gasteiger partial charge in [-0.1, -0.05) is 35.9 Å². The van der Waals surface area contributed by atoms with Crippen molar-refractivity contribution in [2.45, 2.75) is 43.9 Å². The van der Waals surface area contributed by atoms with E-state index in [1.807, 2.05) is 12.3 Å². The van der Waals surface area contributed by atoms with Crippen LogP contribution in [0.4, 0.5) is 13.2 Å². The Morgan fingerprint density at radius 2 is 1.94 bits per heavy atom. The molecule has 0 radical (unpaired) electrons. The zero-order chi connectivity index (χ0) is 23.9. The molecule has 2 unspecified atom stereocenters. The molecule has 5 rings (SSSR count). The summed E-state index contributed by atoms with van der Waals surface area (Å²) in [4.78, 5) is 2.08. The highest BCUT2D eigenvalue weighted by molar-refractivity contribution is 6.30. The molecule has 0 saturated carbocycles. The average Bonchev–Trinajstić information content (AvgIpc) is 3.11. The largest absolute Gasteiger partial charge is 0.618 e. The van der Waals surface area contributed by atoms with Crippen molar-refractivity contribution in [1.29, 1.82) is 0 Å². The molecule has 1 spiro atoms. The first kappa shape index (κ1) is 22.8. The molecule has 3 aliphatic rings. The minimum absolute atomic E-state index is 0.241. The van der Waals surface area contributed by atoms with Crippen LogP contribution in [-0.2, 0) is 11.3 Å². The van der Waals surface area contributed by atoms with E-state index < -0.39 is 18.1 Å². The number of aromatic nitrogens is 1. The van der Waals surface area contributed by atoms with E-state index in [1.165, 1.54) is 18.3 Å². The molecule has 2 atom stereocenters. The van der Waals surface area contributed by atoms with Gasteiger partial charge in [-0.25, -0.2) is 0 Å². The van der Waals surface area contributed by atoms with Crippen LogP contribution >= 0.6 is 11.6 Å². The first-order chi connectivity index (χ1) is 16.2. The lowest BCUT2D eigenvalue weighted by Crippen LogP contribution is -2.38. The van der Waals surface area contributed by atoms with Gasteiger partial charge in [0.2, 0.25) is 5.69 Å². The van der Waals surface area contributed by atoms with Crippen LogP contribution in [0.15, 0.2) is 78.2 Å². The highest BCUT2D eigenvalue weighted by atomic mass is 35.5. The van der Waals surface area contributed by atoms with Gasteiger partial charge in [0.15, 0.2) is 12.3 Å². The van der Waals surface area contributed by atoms with Gasteiger partial charge in [-0.2, -0.15) is 4.73 Å². The Bertz CT molecular complexity index is 1180. The predicted octanol–water partition coefficient (Wildman–Crippen LogP) is 5.75. The molecule has 1 fully saturated rings. The fraction of sp³-hybridized carbons (Fsp3) is 0.320. The number of benzene rings is 1. The highest BCUT2D eigenvalue weighted by Crippen LogP contribution is 2.52. The van der Waals surface area contributed by atoms with Gasteiger partial charge in [0.1, 0.15) is 11.4 Å². The number of alkyl halides is 3. The summed E-state index contributed by atoms with van der Waals surface area (Å²) >= 11 is 6.16. The van der Waals surface area contributed by atoms with Crippen molar-refractivity contribution in [2.75, 3.05) is 6.54 Å². The number of halogens is 4. The molecule has 2 aliphatic heterocycles. The van der Waals surface area contributed by atoms with Crippen molar-refractivity contribution in [3.63, 3.8) is 0 Å². The van der Waals surface area contributed by atoms with Crippen molar-refractivity contribution in [2.24, 2.45) is 0 Å². The van der Waals surface area contributed by atoms with Crippen molar-refractivity contribution in [3.05, 3.63) is 99.7 Å². The Balaban J connectivity index is 1.34. The Morgan fingerprint density at radius 1 is 1.18 bits per heavy atom. The number of rotatable bonds is 4. The second-order valence-corrected chi connectivity index (χ2v) is 9.00. The third-order valence-electron chi connectivity index (χ3n) is 6.30. The van der Waals surface area contributed by atoms with E-state index >= 15 is 0 Å². The van der Waals surface area contributed by atoms with Gasteiger partial charge in [-0.05, 0) is 54.0 Å². The van der Waals surface area contributed by atoms with E-state index in [9.17, 15) is 18.4 Å². The SMILES string of the molecule is [O-][n+]1ccc(Cl)cc1C1OC2(C=CN(Cc3ccc(OC(F)(F)F)cc3)CC2)C2=CCCC=C21. The van der Waals surface area contributed by atoms with Gasteiger partial charge in [0.05, 0.1) is 5.02 Å². The molecule has 0 N–H and O–H groups in total. The summed E-state index contributed by atoms with van der Waals surface area (Å²) in [6.45, 7) is 1.22. The number of hydrogen-bond donors (Lipinski definition) is 0. The fourth-order valence-corrected chi connectivity index (χ4v) is 4.93. The molecule has 1 aliphatic carbocycles. The summed E-state index contributed by atoms with van der Waals surface area (Å²) in [5.41, 5.74) is 2.79. The van der Waals surface area contributed by atoms with Crippen LogP contribution in [0.2, 0.25) is 5.02 Å². The molecule has 34 heavy (non-hydrogen) atoms. The van der Waals surface area contributed by atoms with Gasteiger partial charge >= 0.3 is 6.36 Å². The topological polar surface area (TPSA) is 48.6 Å². The zero-order valence-corrected chi connectivity index (χ0v) is 18.9. The zero-order valence-electron chi connectivity index (χ0n) is 18.1. The third-order valence-corrected chi connectivity index (χ3v) is 6.54. The lowest BCUT2D eigenvalue weighted by atomic mass is 9.81. The lowest BCUT2D eigenvalue weighted by Gasteiger charge is -2.35. The first-order valence-electron chi connectivity index (χ1n) is 11.0. The van der Waals surface area contributed by atoms with Gasteiger partial charge in [0, 0.05) is 31.6 Å². The highest BCUT2D eigenvalue weighted by Gasteiger charge is 2.50. The van der Waals surface area contributed by atoms with E-state index in [2.05, 4.69) is 21.8 Å². The van der Waals surface area contributed by atoms with Crippen molar-refractivity contribution < 1.29 is 27.4 Å². The average molecular weight is 491 g/mol. The van der Waals surface area contributed by atoms with E-state index in [4.69, 9.17) is 16.3 Å². The number of fused-ring (bicyclic) bond motifs is 2. The van der Waals surface area contributed by atoms with E-state index in [1.54, 1.807) is 24.3 Å². The number of allylic oxidation sites excluding steroid dienone is 2. The fourth-order valence-electron chi connectivity index (χ4n) is 4.76.